The van der Waals surface area contributed by atoms with Gasteiger partial charge in [0.15, 0.2) is 0 Å². The zero-order chi connectivity index (χ0) is 14.7. The normalized spacial score (nSPS) is 10.4. The van der Waals surface area contributed by atoms with Gasteiger partial charge in [-0.3, -0.25) is 9.82 Å². The summed E-state index contributed by atoms with van der Waals surface area (Å²) in [5, 5.41) is 0. The first-order valence-electron chi connectivity index (χ1n) is 6.77. The molecule has 0 unspecified atom stereocenters. The van der Waals surface area contributed by atoms with E-state index in [1.807, 2.05) is 48.7 Å². The number of aromatic nitrogens is 1. The third-order valence-corrected chi connectivity index (χ3v) is 3.70. The molecule has 0 bridgehead atoms. The molecule has 2 aromatic carbocycles. The van der Waals surface area contributed by atoms with Crippen LogP contribution >= 0.6 is 11.8 Å². The summed E-state index contributed by atoms with van der Waals surface area (Å²) in [5.41, 5.74) is 6.49. The van der Waals surface area contributed by atoms with Crippen molar-refractivity contribution in [1.29, 1.82) is 0 Å². The van der Waals surface area contributed by atoms with Crippen molar-refractivity contribution in [2.75, 3.05) is 4.84 Å². The number of nitrogens with zero attached hydrogens (tertiary/aromatic N) is 1. The maximum atomic E-state index is 5.57. The Labute approximate surface area is 129 Å². The van der Waals surface area contributed by atoms with Crippen LogP contribution in [0.4, 0.5) is 5.69 Å². The third kappa shape index (κ3) is 2.91. The van der Waals surface area contributed by atoms with E-state index in [-0.39, 0.29) is 0 Å². The average molecular weight is 295 g/mol. The van der Waals surface area contributed by atoms with E-state index in [0.717, 1.165) is 16.9 Å². The highest BCUT2D eigenvalue weighted by Gasteiger charge is 2.05. The zero-order valence-electron chi connectivity index (χ0n) is 11.7. The Morgan fingerprint density at radius 1 is 0.905 bits per heavy atom. The van der Waals surface area contributed by atoms with E-state index in [4.69, 9.17) is 11.8 Å². The fraction of sp³-hybridized carbons (Fsp3) is 0.0556. The van der Waals surface area contributed by atoms with Gasteiger partial charge in [-0.1, -0.05) is 42.5 Å². The van der Waals surface area contributed by atoms with E-state index in [0.29, 0.717) is 0 Å². The molecule has 3 aromatic rings. The monoisotopic (exact) mass is 294 g/mol. The van der Waals surface area contributed by atoms with Gasteiger partial charge in [0.2, 0.25) is 0 Å². The first-order valence-corrected chi connectivity index (χ1v) is 7.15. The molecular weight excluding hydrogens is 280 g/mol. The molecule has 0 fully saturated rings. The summed E-state index contributed by atoms with van der Waals surface area (Å²) >= 11 is 5.57. The molecule has 1 N–H and O–H groups in total. The molecule has 3 heteroatoms. The SMILES string of the molecule is Cc1cc(-c2ccc(NCl)cc2)ncc1-c1ccccc1. The number of pyridine rings is 1. The number of anilines is 1. The minimum Gasteiger partial charge on any atom is -0.299 e. The molecule has 0 spiro atoms. The Morgan fingerprint density at radius 3 is 2.24 bits per heavy atom. The molecule has 21 heavy (non-hydrogen) atoms. The van der Waals surface area contributed by atoms with E-state index < -0.39 is 0 Å². The van der Waals surface area contributed by atoms with Crippen molar-refractivity contribution < 1.29 is 0 Å². The van der Waals surface area contributed by atoms with Gasteiger partial charge in [0.05, 0.1) is 5.69 Å². The average Bonchev–Trinajstić information content (AvgIpc) is 2.55. The van der Waals surface area contributed by atoms with Gasteiger partial charge in [0, 0.05) is 34.8 Å². The molecular formula is C18H15ClN2. The summed E-state index contributed by atoms with van der Waals surface area (Å²) in [5.74, 6) is 0. The minimum absolute atomic E-state index is 0.873. The van der Waals surface area contributed by atoms with Gasteiger partial charge in [0.1, 0.15) is 0 Å². The second-order valence-electron chi connectivity index (χ2n) is 4.92. The van der Waals surface area contributed by atoms with Crippen molar-refractivity contribution in [1.82, 2.24) is 4.98 Å². The number of aryl methyl sites for hydroxylation is 1. The van der Waals surface area contributed by atoms with Crippen LogP contribution in [0.5, 0.6) is 0 Å². The molecule has 0 atom stereocenters. The van der Waals surface area contributed by atoms with Crippen LogP contribution in [0, 0.1) is 6.92 Å². The molecule has 0 saturated heterocycles. The maximum absolute atomic E-state index is 5.57. The van der Waals surface area contributed by atoms with Gasteiger partial charge >= 0.3 is 0 Å². The van der Waals surface area contributed by atoms with Crippen LogP contribution in [0.3, 0.4) is 0 Å². The summed E-state index contributed by atoms with van der Waals surface area (Å²) in [6.07, 6.45) is 1.94. The van der Waals surface area contributed by atoms with Gasteiger partial charge in [-0.2, -0.15) is 0 Å². The van der Waals surface area contributed by atoms with Crippen molar-refractivity contribution >= 4 is 17.5 Å². The molecule has 0 aliphatic rings. The standard InChI is InChI=1S/C18H15ClN2/c1-13-11-18(15-7-9-16(21-19)10-8-15)20-12-17(13)14-5-3-2-4-6-14/h2-12,21H,1H3. The molecule has 0 radical (unpaired) electrons. The Morgan fingerprint density at radius 2 is 1.62 bits per heavy atom. The van der Waals surface area contributed by atoms with E-state index in [1.165, 1.54) is 16.7 Å². The number of rotatable bonds is 3. The fourth-order valence-electron chi connectivity index (χ4n) is 2.34. The van der Waals surface area contributed by atoms with E-state index in [2.05, 4.69) is 34.9 Å². The lowest BCUT2D eigenvalue weighted by Crippen LogP contribution is -1.90. The summed E-state index contributed by atoms with van der Waals surface area (Å²) < 4.78 is 0. The number of halogens is 1. The van der Waals surface area contributed by atoms with Gasteiger partial charge in [-0.05, 0) is 36.2 Å². The Hall–Kier alpha value is -2.32. The van der Waals surface area contributed by atoms with Crippen molar-refractivity contribution in [2.45, 2.75) is 6.92 Å². The van der Waals surface area contributed by atoms with Crippen LogP contribution in [0.2, 0.25) is 0 Å². The van der Waals surface area contributed by atoms with Crippen LogP contribution in [-0.4, -0.2) is 4.98 Å². The third-order valence-electron chi connectivity index (χ3n) is 3.49. The van der Waals surface area contributed by atoms with Crippen LogP contribution in [0.15, 0.2) is 66.9 Å². The molecule has 2 nitrogen and oxygen atoms in total. The summed E-state index contributed by atoms with van der Waals surface area (Å²) in [7, 11) is 0. The molecule has 1 heterocycles. The number of hydrogen-bond acceptors (Lipinski definition) is 2. The molecule has 0 saturated carbocycles. The highest BCUT2D eigenvalue weighted by atomic mass is 35.5. The lowest BCUT2D eigenvalue weighted by Gasteiger charge is -2.08. The van der Waals surface area contributed by atoms with Crippen molar-refractivity contribution in [2.24, 2.45) is 0 Å². The largest absolute Gasteiger partial charge is 0.299 e. The smallest absolute Gasteiger partial charge is 0.0705 e. The highest BCUT2D eigenvalue weighted by molar-refractivity contribution is 6.23. The minimum atomic E-state index is 0.873. The zero-order valence-corrected chi connectivity index (χ0v) is 12.4. The molecule has 0 amide bonds. The van der Waals surface area contributed by atoms with Crippen molar-refractivity contribution in [3.05, 3.63) is 72.4 Å². The lowest BCUT2D eigenvalue weighted by molar-refractivity contribution is 1.29. The first kappa shape index (κ1) is 13.7. The van der Waals surface area contributed by atoms with Crippen LogP contribution in [0.1, 0.15) is 5.56 Å². The number of nitrogens with one attached hydrogen (secondary N) is 1. The van der Waals surface area contributed by atoms with Gasteiger partial charge in [0.25, 0.3) is 0 Å². The quantitative estimate of drug-likeness (QED) is 0.664. The number of hydrogen-bond donors (Lipinski definition) is 1. The molecule has 0 aliphatic heterocycles. The molecule has 0 aliphatic carbocycles. The molecule has 104 valence electrons. The molecule has 1 aromatic heterocycles. The van der Waals surface area contributed by atoms with E-state index >= 15 is 0 Å². The van der Waals surface area contributed by atoms with E-state index in [1.54, 1.807) is 0 Å². The maximum Gasteiger partial charge on any atom is 0.0705 e. The van der Waals surface area contributed by atoms with E-state index in [9.17, 15) is 0 Å². The number of benzene rings is 2. The predicted octanol–water partition coefficient (Wildman–Crippen LogP) is 5.29. The van der Waals surface area contributed by atoms with Crippen LogP contribution < -0.4 is 4.84 Å². The second-order valence-corrected chi connectivity index (χ2v) is 5.11. The summed E-state index contributed by atoms with van der Waals surface area (Å²) in [6, 6.07) is 20.3. The molecule has 3 rings (SSSR count). The fourth-order valence-corrected chi connectivity index (χ4v) is 2.46. The van der Waals surface area contributed by atoms with Crippen molar-refractivity contribution in [3.63, 3.8) is 0 Å². The second kappa shape index (κ2) is 5.98. The highest BCUT2D eigenvalue weighted by Crippen LogP contribution is 2.27. The topological polar surface area (TPSA) is 24.9 Å². The van der Waals surface area contributed by atoms with Crippen molar-refractivity contribution in [3.8, 4) is 22.4 Å². The first-order chi connectivity index (χ1) is 10.3. The van der Waals surface area contributed by atoms with Crippen LogP contribution in [0.25, 0.3) is 22.4 Å². The Bertz CT molecular complexity index is 737. The van der Waals surface area contributed by atoms with Gasteiger partial charge < -0.3 is 0 Å². The predicted molar refractivity (Wildman–Crippen MR) is 89.3 cm³/mol. The van der Waals surface area contributed by atoms with Crippen LogP contribution in [-0.2, 0) is 0 Å². The lowest BCUT2D eigenvalue weighted by atomic mass is 10.0. The summed E-state index contributed by atoms with van der Waals surface area (Å²) in [6.45, 7) is 2.11. The summed E-state index contributed by atoms with van der Waals surface area (Å²) in [4.78, 5) is 7.19. The Balaban J connectivity index is 1.97. The van der Waals surface area contributed by atoms with Gasteiger partial charge in [-0.15, -0.1) is 0 Å². The van der Waals surface area contributed by atoms with Gasteiger partial charge in [-0.25, -0.2) is 0 Å². The Kier molecular flexibility index (Phi) is 3.89.